The van der Waals surface area contributed by atoms with Crippen LogP contribution in [0.25, 0.3) is 11.3 Å². The summed E-state index contributed by atoms with van der Waals surface area (Å²) in [5, 5.41) is 0.725. The molecule has 0 fully saturated rings. The predicted molar refractivity (Wildman–Crippen MR) is 59.1 cm³/mol. The van der Waals surface area contributed by atoms with Gasteiger partial charge in [0, 0.05) is 23.5 Å². The average molecular weight is 207 g/mol. The van der Waals surface area contributed by atoms with Gasteiger partial charge in [-0.15, -0.1) is 0 Å². The number of nitrogens with one attached hydrogen (secondary N) is 1. The molecule has 0 saturated carbocycles. The lowest BCUT2D eigenvalue weighted by atomic mass is 10.1. The highest BCUT2D eigenvalue weighted by atomic mass is 35.5. The summed E-state index contributed by atoms with van der Waals surface area (Å²) in [6.07, 6.45) is 1.89. The van der Waals surface area contributed by atoms with Gasteiger partial charge in [-0.3, -0.25) is 0 Å². The van der Waals surface area contributed by atoms with E-state index in [-0.39, 0.29) is 0 Å². The molecule has 0 unspecified atom stereocenters. The zero-order valence-electron chi connectivity index (χ0n) is 7.63. The largest absolute Gasteiger partial charge is 0.361 e. The molecule has 1 aromatic heterocycles. The molecule has 2 nitrogen and oxygen atoms in total. The van der Waals surface area contributed by atoms with Crippen LogP contribution >= 0.6 is 11.6 Å². The zero-order valence-corrected chi connectivity index (χ0v) is 8.38. The highest BCUT2D eigenvalue weighted by molar-refractivity contribution is 6.31. The lowest BCUT2D eigenvalue weighted by Gasteiger charge is -2.04. The van der Waals surface area contributed by atoms with Crippen LogP contribution in [0.15, 0.2) is 36.5 Å². The molecule has 0 amide bonds. The van der Waals surface area contributed by atoms with Gasteiger partial charge in [-0.2, -0.15) is 0 Å². The number of hydrogen-bond acceptors (Lipinski definition) is 1. The second-order valence-electron chi connectivity index (χ2n) is 3.09. The lowest BCUT2D eigenvalue weighted by Crippen LogP contribution is -1.97. The third kappa shape index (κ3) is 1.67. The molecular weight excluding hydrogens is 196 g/mol. The molecule has 72 valence electrons. The quantitative estimate of drug-likeness (QED) is 0.780. The number of halogens is 1. The van der Waals surface area contributed by atoms with Crippen LogP contribution in [0.5, 0.6) is 0 Å². The van der Waals surface area contributed by atoms with Crippen LogP contribution < -0.4 is 5.73 Å². The van der Waals surface area contributed by atoms with E-state index in [9.17, 15) is 0 Å². The van der Waals surface area contributed by atoms with Gasteiger partial charge in [0.2, 0.25) is 0 Å². The van der Waals surface area contributed by atoms with Gasteiger partial charge in [-0.05, 0) is 35.4 Å². The van der Waals surface area contributed by atoms with Crippen molar-refractivity contribution in [2.45, 2.75) is 6.54 Å². The molecular formula is C11H11ClN2. The highest BCUT2D eigenvalue weighted by Crippen LogP contribution is 2.23. The van der Waals surface area contributed by atoms with Crippen LogP contribution in [-0.4, -0.2) is 4.98 Å². The molecule has 2 rings (SSSR count). The van der Waals surface area contributed by atoms with E-state index in [1.807, 2.05) is 36.5 Å². The summed E-state index contributed by atoms with van der Waals surface area (Å²) in [5.74, 6) is 0. The average Bonchev–Trinajstić information content (AvgIpc) is 2.71. The topological polar surface area (TPSA) is 41.8 Å². The molecule has 0 bridgehead atoms. The Kier molecular flexibility index (Phi) is 2.57. The third-order valence-corrected chi connectivity index (χ3v) is 2.54. The van der Waals surface area contributed by atoms with Crippen molar-refractivity contribution in [1.82, 2.24) is 4.98 Å². The minimum absolute atomic E-state index is 0.466. The molecule has 14 heavy (non-hydrogen) atoms. The summed E-state index contributed by atoms with van der Waals surface area (Å²) in [6, 6.07) is 9.84. The minimum atomic E-state index is 0.466. The van der Waals surface area contributed by atoms with Crippen LogP contribution in [0.2, 0.25) is 5.02 Å². The maximum Gasteiger partial charge on any atom is 0.0454 e. The molecule has 1 aromatic carbocycles. The Morgan fingerprint density at radius 2 is 2.14 bits per heavy atom. The first kappa shape index (κ1) is 9.31. The molecule has 3 heteroatoms. The maximum atomic E-state index is 5.97. The van der Waals surface area contributed by atoms with Gasteiger partial charge < -0.3 is 10.7 Å². The first-order chi connectivity index (χ1) is 6.81. The van der Waals surface area contributed by atoms with Gasteiger partial charge in [0.1, 0.15) is 0 Å². The summed E-state index contributed by atoms with van der Waals surface area (Å²) >= 11 is 5.97. The van der Waals surface area contributed by atoms with E-state index in [1.165, 1.54) is 0 Å². The molecule has 0 atom stereocenters. The van der Waals surface area contributed by atoms with Crippen LogP contribution in [0.3, 0.4) is 0 Å². The molecule has 0 aliphatic rings. The van der Waals surface area contributed by atoms with Crippen molar-refractivity contribution >= 4 is 11.6 Å². The molecule has 0 aliphatic carbocycles. The van der Waals surface area contributed by atoms with Gasteiger partial charge in [0.25, 0.3) is 0 Å². The Hall–Kier alpha value is -1.25. The van der Waals surface area contributed by atoms with Crippen molar-refractivity contribution in [2.75, 3.05) is 0 Å². The van der Waals surface area contributed by atoms with Crippen molar-refractivity contribution in [2.24, 2.45) is 5.73 Å². The summed E-state index contributed by atoms with van der Waals surface area (Å²) in [7, 11) is 0. The van der Waals surface area contributed by atoms with Gasteiger partial charge in [-0.1, -0.05) is 17.7 Å². The molecule has 2 aromatic rings. The smallest absolute Gasteiger partial charge is 0.0454 e. The number of H-pyrrole nitrogens is 1. The van der Waals surface area contributed by atoms with E-state index in [4.69, 9.17) is 17.3 Å². The van der Waals surface area contributed by atoms with E-state index >= 15 is 0 Å². The van der Waals surface area contributed by atoms with Crippen molar-refractivity contribution in [1.29, 1.82) is 0 Å². The minimum Gasteiger partial charge on any atom is -0.361 e. The van der Waals surface area contributed by atoms with Crippen molar-refractivity contribution < 1.29 is 0 Å². The second-order valence-corrected chi connectivity index (χ2v) is 3.50. The first-order valence-electron chi connectivity index (χ1n) is 4.43. The second kappa shape index (κ2) is 3.86. The fourth-order valence-electron chi connectivity index (χ4n) is 1.41. The number of rotatable bonds is 2. The zero-order chi connectivity index (χ0) is 9.97. The maximum absolute atomic E-state index is 5.97. The predicted octanol–water partition coefficient (Wildman–Crippen LogP) is 2.79. The highest BCUT2D eigenvalue weighted by Gasteiger charge is 2.02. The van der Waals surface area contributed by atoms with E-state index < -0.39 is 0 Å². The SMILES string of the molecule is NCc1cc(-c2ccc[nH]2)ccc1Cl. The Bertz CT molecular complexity index is 421. The van der Waals surface area contributed by atoms with Gasteiger partial charge >= 0.3 is 0 Å². The van der Waals surface area contributed by atoms with Crippen molar-refractivity contribution in [3.8, 4) is 11.3 Å². The summed E-state index contributed by atoms with van der Waals surface area (Å²) < 4.78 is 0. The van der Waals surface area contributed by atoms with E-state index in [0.29, 0.717) is 6.54 Å². The molecule has 0 aliphatic heterocycles. The van der Waals surface area contributed by atoms with Gasteiger partial charge in [0.05, 0.1) is 0 Å². The van der Waals surface area contributed by atoms with Gasteiger partial charge in [0.15, 0.2) is 0 Å². The van der Waals surface area contributed by atoms with E-state index in [1.54, 1.807) is 0 Å². The summed E-state index contributed by atoms with van der Waals surface area (Å²) in [4.78, 5) is 3.14. The molecule has 0 spiro atoms. The Morgan fingerprint density at radius 3 is 2.79 bits per heavy atom. The fourth-order valence-corrected chi connectivity index (χ4v) is 1.60. The normalized spacial score (nSPS) is 10.4. The van der Waals surface area contributed by atoms with Crippen LogP contribution in [0, 0.1) is 0 Å². The number of aromatic nitrogens is 1. The Labute approximate surface area is 87.7 Å². The molecule has 0 radical (unpaired) electrons. The molecule has 3 N–H and O–H groups in total. The standard InChI is InChI=1S/C11H11ClN2/c12-10-4-3-8(6-9(10)7-13)11-2-1-5-14-11/h1-6,14H,7,13H2. The summed E-state index contributed by atoms with van der Waals surface area (Å²) in [6.45, 7) is 0.466. The Morgan fingerprint density at radius 1 is 1.29 bits per heavy atom. The monoisotopic (exact) mass is 206 g/mol. The lowest BCUT2D eigenvalue weighted by molar-refractivity contribution is 1.07. The van der Waals surface area contributed by atoms with Crippen molar-refractivity contribution in [3.63, 3.8) is 0 Å². The van der Waals surface area contributed by atoms with E-state index in [2.05, 4.69) is 4.98 Å². The molecule has 0 saturated heterocycles. The fraction of sp³-hybridized carbons (Fsp3) is 0.0909. The van der Waals surface area contributed by atoms with Gasteiger partial charge in [-0.25, -0.2) is 0 Å². The number of hydrogen-bond donors (Lipinski definition) is 2. The summed E-state index contributed by atoms with van der Waals surface area (Å²) in [5.41, 5.74) is 8.74. The number of aromatic amines is 1. The molecule has 1 heterocycles. The Balaban J connectivity index is 2.46. The number of benzene rings is 1. The van der Waals surface area contributed by atoms with Crippen molar-refractivity contribution in [3.05, 3.63) is 47.1 Å². The first-order valence-corrected chi connectivity index (χ1v) is 4.81. The van der Waals surface area contributed by atoms with Crippen LogP contribution in [0.1, 0.15) is 5.56 Å². The third-order valence-electron chi connectivity index (χ3n) is 2.17. The number of nitrogens with two attached hydrogens (primary N) is 1. The van der Waals surface area contributed by atoms with E-state index in [0.717, 1.165) is 21.8 Å². The van der Waals surface area contributed by atoms with Crippen LogP contribution in [0.4, 0.5) is 0 Å². The van der Waals surface area contributed by atoms with Crippen LogP contribution in [-0.2, 0) is 6.54 Å².